The minimum absolute atomic E-state index is 0.0658. The first-order valence-corrected chi connectivity index (χ1v) is 14.7. The Balaban J connectivity index is 1.10. The monoisotopic (exact) mass is 619 g/mol. The highest BCUT2D eigenvalue weighted by Crippen LogP contribution is 2.38. The minimum atomic E-state index is -0.753. The largest absolute Gasteiger partial charge is 0.493 e. The molecule has 1 fully saturated rings. The second-order valence-electron chi connectivity index (χ2n) is 10.7. The molecule has 0 atom stereocenters. The molecule has 45 heavy (non-hydrogen) atoms. The van der Waals surface area contributed by atoms with Gasteiger partial charge < -0.3 is 29.3 Å². The van der Waals surface area contributed by atoms with Crippen molar-refractivity contribution in [2.75, 3.05) is 50.2 Å². The standard InChI is InChI=1S/C33H32F3N5O4/c1-43-30-19-23-27(20-31(30)44-17-5-14-39-12-2-3-13-39)37-11-10-28(23)45-29-9-8-22(18-26(29)36)38-33(42)41-16-15-40(21-41)32-24(34)6-4-7-25(32)35/h4,6-11,15-16,18-20H,2-3,5,12-14,17,21H2,1H3,(H,38,42). The maximum atomic E-state index is 15.2. The Hall–Kier alpha value is -4.97. The highest BCUT2D eigenvalue weighted by molar-refractivity contribution is 5.91. The number of halogens is 3. The molecule has 0 aliphatic carbocycles. The number of anilines is 2. The summed E-state index contributed by atoms with van der Waals surface area (Å²) in [4.78, 5) is 22.1. The fraction of sp³-hybridized carbons (Fsp3) is 0.273. The predicted molar refractivity (Wildman–Crippen MR) is 164 cm³/mol. The smallest absolute Gasteiger partial charge is 0.327 e. The Labute approximate surface area is 258 Å². The van der Waals surface area contributed by atoms with Crippen LogP contribution in [0.25, 0.3) is 10.9 Å². The molecule has 0 unspecified atom stereocenters. The Morgan fingerprint density at radius 2 is 1.71 bits per heavy atom. The number of aromatic nitrogens is 1. The Morgan fingerprint density at radius 1 is 0.911 bits per heavy atom. The molecule has 0 radical (unpaired) electrons. The third kappa shape index (κ3) is 6.75. The van der Waals surface area contributed by atoms with E-state index in [-0.39, 0.29) is 23.8 Å². The molecule has 6 rings (SSSR count). The van der Waals surface area contributed by atoms with Crippen LogP contribution in [-0.2, 0) is 0 Å². The van der Waals surface area contributed by atoms with E-state index in [1.54, 1.807) is 31.5 Å². The van der Waals surface area contributed by atoms with Crippen LogP contribution in [-0.4, -0.2) is 60.8 Å². The van der Waals surface area contributed by atoms with E-state index in [4.69, 9.17) is 14.2 Å². The number of amides is 2. The predicted octanol–water partition coefficient (Wildman–Crippen LogP) is 7.10. The second kappa shape index (κ2) is 13.3. The number of pyridine rings is 1. The van der Waals surface area contributed by atoms with Gasteiger partial charge in [0.2, 0.25) is 0 Å². The van der Waals surface area contributed by atoms with Crippen molar-refractivity contribution in [3.8, 4) is 23.0 Å². The normalized spacial score (nSPS) is 14.8. The zero-order valence-electron chi connectivity index (χ0n) is 24.6. The van der Waals surface area contributed by atoms with Gasteiger partial charge in [0.05, 0.1) is 19.2 Å². The number of fused-ring (bicyclic) bond motifs is 1. The molecule has 1 aromatic heterocycles. The summed E-state index contributed by atoms with van der Waals surface area (Å²) in [5, 5.41) is 3.19. The first kappa shape index (κ1) is 30.1. The molecule has 9 nitrogen and oxygen atoms in total. The van der Waals surface area contributed by atoms with Crippen molar-refractivity contribution in [2.24, 2.45) is 0 Å². The Kier molecular flexibility index (Phi) is 8.92. The number of hydrogen-bond acceptors (Lipinski definition) is 7. The van der Waals surface area contributed by atoms with Gasteiger partial charge in [0.25, 0.3) is 0 Å². The summed E-state index contributed by atoms with van der Waals surface area (Å²) in [5.41, 5.74) is 0.492. The van der Waals surface area contributed by atoms with Crippen molar-refractivity contribution in [3.05, 3.63) is 90.6 Å². The molecular weight excluding hydrogens is 587 g/mol. The fourth-order valence-electron chi connectivity index (χ4n) is 5.40. The molecule has 0 saturated carbocycles. The van der Waals surface area contributed by atoms with E-state index in [1.165, 1.54) is 53.2 Å². The highest BCUT2D eigenvalue weighted by Gasteiger charge is 2.24. The van der Waals surface area contributed by atoms with Crippen molar-refractivity contribution in [1.82, 2.24) is 14.8 Å². The van der Waals surface area contributed by atoms with Gasteiger partial charge in [-0.25, -0.2) is 18.0 Å². The van der Waals surface area contributed by atoms with Crippen molar-refractivity contribution >= 4 is 28.3 Å². The van der Waals surface area contributed by atoms with E-state index in [2.05, 4.69) is 15.2 Å². The maximum absolute atomic E-state index is 15.2. The van der Waals surface area contributed by atoms with Crippen molar-refractivity contribution in [2.45, 2.75) is 19.3 Å². The molecule has 0 bridgehead atoms. The van der Waals surface area contributed by atoms with E-state index in [9.17, 15) is 13.6 Å². The van der Waals surface area contributed by atoms with Crippen molar-refractivity contribution < 1.29 is 32.2 Å². The topological polar surface area (TPSA) is 79.4 Å². The summed E-state index contributed by atoms with van der Waals surface area (Å²) in [5.74, 6) is -0.852. The van der Waals surface area contributed by atoms with Gasteiger partial charge in [-0.2, -0.15) is 0 Å². The number of methoxy groups -OCH3 is 1. The van der Waals surface area contributed by atoms with E-state index in [1.807, 2.05) is 0 Å². The molecule has 0 spiro atoms. The lowest BCUT2D eigenvalue weighted by molar-refractivity contribution is 0.231. The zero-order chi connectivity index (χ0) is 31.3. The number of ether oxygens (including phenoxy) is 3. The van der Waals surface area contributed by atoms with Crippen molar-refractivity contribution in [3.63, 3.8) is 0 Å². The van der Waals surface area contributed by atoms with Gasteiger partial charge >= 0.3 is 6.03 Å². The average Bonchev–Trinajstić information content (AvgIpc) is 3.73. The van der Waals surface area contributed by atoms with Gasteiger partial charge in [-0.05, 0) is 68.8 Å². The number of hydrogen-bond donors (Lipinski definition) is 1. The number of nitrogens with one attached hydrogen (secondary N) is 1. The highest BCUT2D eigenvalue weighted by atomic mass is 19.1. The number of urea groups is 1. The zero-order valence-corrected chi connectivity index (χ0v) is 24.6. The summed E-state index contributed by atoms with van der Waals surface area (Å²) in [6.07, 6.45) is 7.72. The van der Waals surface area contributed by atoms with Crippen LogP contribution in [0.5, 0.6) is 23.0 Å². The lowest BCUT2D eigenvalue weighted by Gasteiger charge is -2.21. The lowest BCUT2D eigenvalue weighted by Crippen LogP contribution is -2.34. The molecule has 234 valence electrons. The Bertz CT molecular complexity index is 1710. The van der Waals surface area contributed by atoms with E-state index >= 15 is 4.39 Å². The first-order chi connectivity index (χ1) is 21.9. The van der Waals surface area contributed by atoms with Gasteiger partial charge in [-0.15, -0.1) is 0 Å². The SMILES string of the molecule is COc1cc2c(Oc3ccc(NC(=O)N4C=CN(c5c(F)cccc5F)C4)cc3F)ccnc2cc1OCCCN1CCCC1. The lowest BCUT2D eigenvalue weighted by atomic mass is 10.1. The van der Waals surface area contributed by atoms with Gasteiger partial charge in [0, 0.05) is 48.3 Å². The summed E-state index contributed by atoms with van der Waals surface area (Å²) >= 11 is 0. The van der Waals surface area contributed by atoms with Crippen LogP contribution in [0.1, 0.15) is 19.3 Å². The molecule has 1 saturated heterocycles. The van der Waals surface area contributed by atoms with Crippen LogP contribution < -0.4 is 24.4 Å². The van der Waals surface area contributed by atoms with Crippen LogP contribution in [0.2, 0.25) is 0 Å². The van der Waals surface area contributed by atoms with Crippen LogP contribution in [0.3, 0.4) is 0 Å². The van der Waals surface area contributed by atoms with E-state index in [0.29, 0.717) is 34.8 Å². The Morgan fingerprint density at radius 3 is 2.47 bits per heavy atom. The summed E-state index contributed by atoms with van der Waals surface area (Å²) in [6.45, 7) is 3.68. The number of rotatable bonds is 10. The molecule has 4 aromatic rings. The second-order valence-corrected chi connectivity index (χ2v) is 10.7. The van der Waals surface area contributed by atoms with Gasteiger partial charge in [-0.1, -0.05) is 6.07 Å². The number of carbonyl (C=O) groups excluding carboxylic acids is 1. The van der Waals surface area contributed by atoms with Crippen LogP contribution in [0.4, 0.5) is 29.3 Å². The minimum Gasteiger partial charge on any atom is -0.493 e. The molecule has 1 N–H and O–H groups in total. The molecule has 3 heterocycles. The number of nitrogens with zero attached hydrogens (tertiary/aromatic N) is 4. The number of likely N-dealkylation sites (tertiary alicyclic amines) is 1. The first-order valence-electron chi connectivity index (χ1n) is 14.7. The maximum Gasteiger partial charge on any atom is 0.327 e. The molecule has 12 heteroatoms. The van der Waals surface area contributed by atoms with Gasteiger partial charge in [0.1, 0.15) is 29.7 Å². The number of para-hydroxylation sites is 1. The molecule has 2 aliphatic rings. The third-order valence-corrected chi connectivity index (χ3v) is 7.68. The number of carbonyl (C=O) groups is 1. The van der Waals surface area contributed by atoms with E-state index < -0.39 is 23.5 Å². The third-order valence-electron chi connectivity index (χ3n) is 7.68. The van der Waals surface area contributed by atoms with Gasteiger partial charge in [-0.3, -0.25) is 9.88 Å². The quantitative estimate of drug-likeness (QED) is 0.190. The van der Waals surface area contributed by atoms with Crippen LogP contribution in [0.15, 0.2) is 73.2 Å². The molecule has 2 amide bonds. The summed E-state index contributed by atoms with van der Waals surface area (Å²) in [7, 11) is 1.55. The average molecular weight is 620 g/mol. The van der Waals surface area contributed by atoms with Crippen LogP contribution in [0, 0.1) is 17.5 Å². The summed E-state index contributed by atoms with van der Waals surface area (Å²) in [6, 6.07) is 12.1. The van der Waals surface area contributed by atoms with Crippen LogP contribution >= 0.6 is 0 Å². The summed E-state index contributed by atoms with van der Waals surface area (Å²) < 4.78 is 61.0. The molecular formula is C33H32F3N5O4. The molecule has 3 aromatic carbocycles. The fourth-order valence-corrected chi connectivity index (χ4v) is 5.40. The molecule has 2 aliphatic heterocycles. The van der Waals surface area contributed by atoms with Crippen molar-refractivity contribution in [1.29, 1.82) is 0 Å². The van der Waals surface area contributed by atoms with E-state index in [0.717, 1.165) is 44.3 Å². The van der Waals surface area contributed by atoms with Gasteiger partial charge in [0.15, 0.2) is 23.1 Å². The number of benzene rings is 3.